The van der Waals surface area contributed by atoms with Gasteiger partial charge in [0.1, 0.15) is 6.04 Å². The van der Waals surface area contributed by atoms with Crippen molar-refractivity contribution < 1.29 is 14.7 Å². The highest BCUT2D eigenvalue weighted by molar-refractivity contribution is 5.82. The number of rotatable bonds is 3. The van der Waals surface area contributed by atoms with Crippen molar-refractivity contribution in [3.8, 4) is 0 Å². The topological polar surface area (TPSA) is 60.9 Å². The minimum absolute atomic E-state index is 0.161. The van der Waals surface area contributed by atoms with Crippen LogP contribution in [-0.2, 0) is 4.79 Å². The lowest BCUT2D eigenvalue weighted by atomic mass is 10.0. The summed E-state index contributed by atoms with van der Waals surface area (Å²) in [6.45, 7) is 4.34. The molecule has 5 nitrogen and oxygen atoms in total. The summed E-state index contributed by atoms with van der Waals surface area (Å²) in [5.41, 5.74) is 0. The van der Waals surface area contributed by atoms with Crippen molar-refractivity contribution in [2.24, 2.45) is 0 Å². The van der Waals surface area contributed by atoms with Crippen LogP contribution < -0.4 is 0 Å². The van der Waals surface area contributed by atoms with Gasteiger partial charge in [-0.15, -0.1) is 0 Å². The van der Waals surface area contributed by atoms with E-state index in [0.717, 1.165) is 32.2 Å². The van der Waals surface area contributed by atoms with Crippen LogP contribution in [0.2, 0.25) is 0 Å². The Bertz CT molecular complexity index is 293. The molecule has 1 rings (SSSR count). The van der Waals surface area contributed by atoms with Gasteiger partial charge in [0.25, 0.3) is 0 Å². The first-order chi connectivity index (χ1) is 7.99. The van der Waals surface area contributed by atoms with E-state index in [9.17, 15) is 9.59 Å². The summed E-state index contributed by atoms with van der Waals surface area (Å²) in [6.07, 6.45) is 4.12. The lowest BCUT2D eigenvalue weighted by Crippen LogP contribution is -2.52. The van der Waals surface area contributed by atoms with Crippen LogP contribution in [0.15, 0.2) is 0 Å². The van der Waals surface area contributed by atoms with E-state index in [-0.39, 0.29) is 12.1 Å². The first-order valence-corrected chi connectivity index (χ1v) is 6.25. The molecular weight excluding hydrogens is 220 g/mol. The molecule has 0 radical (unpaired) electrons. The van der Waals surface area contributed by atoms with Crippen molar-refractivity contribution in [3.63, 3.8) is 0 Å². The Morgan fingerprint density at radius 3 is 2.65 bits per heavy atom. The molecule has 2 unspecified atom stereocenters. The van der Waals surface area contributed by atoms with Crippen LogP contribution in [-0.4, -0.2) is 52.6 Å². The van der Waals surface area contributed by atoms with Crippen LogP contribution in [0.3, 0.4) is 0 Å². The van der Waals surface area contributed by atoms with E-state index >= 15 is 0 Å². The van der Waals surface area contributed by atoms with Gasteiger partial charge < -0.3 is 14.9 Å². The Kier molecular flexibility index (Phi) is 4.78. The predicted molar refractivity (Wildman–Crippen MR) is 64.9 cm³/mol. The maximum Gasteiger partial charge on any atom is 0.326 e. The molecule has 1 aliphatic rings. The number of hydrogen-bond acceptors (Lipinski definition) is 2. The van der Waals surface area contributed by atoms with Gasteiger partial charge in [0.05, 0.1) is 0 Å². The Hall–Kier alpha value is -1.26. The maximum absolute atomic E-state index is 12.2. The molecule has 0 saturated carbocycles. The maximum atomic E-state index is 12.2. The van der Waals surface area contributed by atoms with Gasteiger partial charge in [0, 0.05) is 19.6 Å². The Labute approximate surface area is 102 Å². The smallest absolute Gasteiger partial charge is 0.326 e. The van der Waals surface area contributed by atoms with Crippen LogP contribution >= 0.6 is 0 Å². The van der Waals surface area contributed by atoms with Gasteiger partial charge in [-0.2, -0.15) is 0 Å². The fourth-order valence-corrected chi connectivity index (χ4v) is 2.21. The first kappa shape index (κ1) is 13.8. The molecule has 1 aliphatic heterocycles. The number of amides is 2. The number of aliphatic carboxylic acids is 1. The quantitative estimate of drug-likeness (QED) is 0.820. The zero-order chi connectivity index (χ0) is 13.0. The molecule has 0 bridgehead atoms. The van der Waals surface area contributed by atoms with Crippen LogP contribution in [0.4, 0.5) is 4.79 Å². The summed E-state index contributed by atoms with van der Waals surface area (Å²) in [4.78, 5) is 26.2. The minimum Gasteiger partial charge on any atom is -0.480 e. The molecule has 0 aromatic carbocycles. The van der Waals surface area contributed by atoms with Crippen LogP contribution in [0, 0.1) is 0 Å². The number of urea groups is 1. The van der Waals surface area contributed by atoms with Gasteiger partial charge >= 0.3 is 12.0 Å². The van der Waals surface area contributed by atoms with Gasteiger partial charge in [0.15, 0.2) is 0 Å². The highest BCUT2D eigenvalue weighted by Gasteiger charge is 2.31. The van der Waals surface area contributed by atoms with Crippen molar-refractivity contribution in [1.29, 1.82) is 0 Å². The van der Waals surface area contributed by atoms with E-state index in [0.29, 0.717) is 0 Å². The monoisotopic (exact) mass is 242 g/mol. The van der Waals surface area contributed by atoms with Crippen LogP contribution in [0.25, 0.3) is 0 Å². The summed E-state index contributed by atoms with van der Waals surface area (Å²) in [7, 11) is 1.56. The van der Waals surface area contributed by atoms with E-state index in [1.54, 1.807) is 7.05 Å². The summed E-state index contributed by atoms with van der Waals surface area (Å²) in [6, 6.07) is -0.673. The van der Waals surface area contributed by atoms with E-state index < -0.39 is 12.0 Å². The number of carboxylic acids is 1. The van der Waals surface area contributed by atoms with Gasteiger partial charge in [-0.25, -0.2) is 9.59 Å². The number of carbonyl (C=O) groups excluding carboxylic acids is 1. The number of nitrogens with zero attached hydrogens (tertiary/aromatic N) is 2. The molecular formula is C12H22N2O3. The summed E-state index contributed by atoms with van der Waals surface area (Å²) < 4.78 is 0. The zero-order valence-electron chi connectivity index (χ0n) is 10.8. The molecule has 0 aromatic rings. The largest absolute Gasteiger partial charge is 0.480 e. The molecule has 5 heteroatoms. The molecule has 0 aromatic heterocycles. The molecule has 2 atom stereocenters. The highest BCUT2D eigenvalue weighted by atomic mass is 16.4. The van der Waals surface area contributed by atoms with E-state index in [1.165, 1.54) is 11.8 Å². The Morgan fingerprint density at radius 1 is 1.47 bits per heavy atom. The lowest BCUT2D eigenvalue weighted by molar-refractivity contribution is -0.141. The summed E-state index contributed by atoms with van der Waals surface area (Å²) >= 11 is 0. The number of likely N-dealkylation sites (tertiary alicyclic amines) is 1. The van der Waals surface area contributed by atoms with Crippen molar-refractivity contribution in [1.82, 2.24) is 9.80 Å². The van der Waals surface area contributed by atoms with Crippen LogP contribution in [0.5, 0.6) is 0 Å². The van der Waals surface area contributed by atoms with Crippen molar-refractivity contribution in [3.05, 3.63) is 0 Å². The molecule has 17 heavy (non-hydrogen) atoms. The average Bonchev–Trinajstić information content (AvgIpc) is 2.35. The second-order valence-electron chi connectivity index (χ2n) is 4.66. The van der Waals surface area contributed by atoms with Crippen molar-refractivity contribution >= 4 is 12.0 Å². The van der Waals surface area contributed by atoms with Gasteiger partial charge in [-0.1, -0.05) is 6.92 Å². The first-order valence-electron chi connectivity index (χ1n) is 6.25. The Morgan fingerprint density at radius 2 is 2.12 bits per heavy atom. The number of carboxylic acid groups (broad SMARTS) is 1. The molecule has 1 N–H and O–H groups in total. The highest BCUT2D eigenvalue weighted by Crippen LogP contribution is 2.21. The molecule has 1 heterocycles. The van der Waals surface area contributed by atoms with Crippen LogP contribution in [0.1, 0.15) is 39.5 Å². The van der Waals surface area contributed by atoms with Gasteiger partial charge in [0.2, 0.25) is 0 Å². The predicted octanol–water partition coefficient (Wildman–Crippen LogP) is 1.78. The second kappa shape index (κ2) is 5.89. The minimum atomic E-state index is -0.967. The molecule has 0 aliphatic carbocycles. The normalized spacial score (nSPS) is 22.1. The average molecular weight is 242 g/mol. The van der Waals surface area contributed by atoms with Crippen molar-refractivity contribution in [2.45, 2.75) is 51.6 Å². The van der Waals surface area contributed by atoms with E-state index in [4.69, 9.17) is 5.11 Å². The standard InChI is InChI=1S/C12H22N2O3/c1-4-10-7-5-6-8-14(10)12(17)13(3)9(2)11(15)16/h9-10H,4-8H2,1-3H3,(H,15,16). The third-order valence-corrected chi connectivity index (χ3v) is 3.58. The number of hydrogen-bond donors (Lipinski definition) is 1. The summed E-state index contributed by atoms with van der Waals surface area (Å²) in [5, 5.41) is 8.91. The molecule has 1 fully saturated rings. The Balaban J connectivity index is 2.70. The van der Waals surface area contributed by atoms with Gasteiger partial charge in [-0.3, -0.25) is 0 Å². The summed E-state index contributed by atoms with van der Waals surface area (Å²) in [5.74, 6) is -0.967. The van der Waals surface area contributed by atoms with Gasteiger partial charge in [-0.05, 0) is 32.6 Å². The van der Waals surface area contributed by atoms with E-state index in [1.807, 2.05) is 4.90 Å². The lowest BCUT2D eigenvalue weighted by Gasteiger charge is -2.38. The third-order valence-electron chi connectivity index (χ3n) is 3.58. The zero-order valence-corrected chi connectivity index (χ0v) is 10.8. The molecule has 1 saturated heterocycles. The van der Waals surface area contributed by atoms with Crippen molar-refractivity contribution in [2.75, 3.05) is 13.6 Å². The molecule has 98 valence electrons. The fourth-order valence-electron chi connectivity index (χ4n) is 2.21. The third kappa shape index (κ3) is 3.11. The van der Waals surface area contributed by atoms with E-state index in [2.05, 4.69) is 6.92 Å². The molecule has 0 spiro atoms. The number of likely N-dealkylation sites (N-methyl/N-ethyl adjacent to an activating group) is 1. The number of piperidine rings is 1. The fraction of sp³-hybridized carbons (Fsp3) is 0.833. The second-order valence-corrected chi connectivity index (χ2v) is 4.66. The number of carbonyl (C=O) groups is 2. The molecule has 2 amide bonds. The SMILES string of the molecule is CCC1CCCCN1C(=O)N(C)C(C)C(=O)O.